The van der Waals surface area contributed by atoms with Crippen LogP contribution < -0.4 is 20.5 Å². The number of nitrogens with two attached hydrogens (primary N) is 1. The van der Waals surface area contributed by atoms with Crippen molar-refractivity contribution in [1.82, 2.24) is 10.2 Å². The molecule has 0 aromatic heterocycles. The highest BCUT2D eigenvalue weighted by Crippen LogP contribution is 2.32. The lowest BCUT2D eigenvalue weighted by Crippen LogP contribution is -2.50. The third kappa shape index (κ3) is 5.09. The summed E-state index contributed by atoms with van der Waals surface area (Å²) >= 11 is 0. The molecular formula is C19H31N3O3. The number of carbonyl (C=O) groups excluding carboxylic acids is 1. The Labute approximate surface area is 150 Å². The van der Waals surface area contributed by atoms with Gasteiger partial charge in [-0.15, -0.1) is 0 Å². The van der Waals surface area contributed by atoms with Gasteiger partial charge in [0, 0.05) is 6.04 Å². The first-order valence-corrected chi connectivity index (χ1v) is 9.12. The number of nitrogens with zero attached hydrogens (tertiary/aromatic N) is 1. The van der Waals surface area contributed by atoms with Gasteiger partial charge in [0.2, 0.25) is 12.7 Å². The van der Waals surface area contributed by atoms with E-state index in [1.54, 1.807) is 0 Å². The predicted molar refractivity (Wildman–Crippen MR) is 98.6 cm³/mol. The van der Waals surface area contributed by atoms with Gasteiger partial charge in [0.1, 0.15) is 0 Å². The van der Waals surface area contributed by atoms with Crippen LogP contribution in [-0.4, -0.2) is 42.9 Å². The van der Waals surface area contributed by atoms with E-state index in [0.717, 1.165) is 30.9 Å². The molecule has 6 nitrogen and oxygen atoms in total. The van der Waals surface area contributed by atoms with Crippen LogP contribution in [0.25, 0.3) is 0 Å². The summed E-state index contributed by atoms with van der Waals surface area (Å²) in [6.45, 7) is 9.95. The van der Waals surface area contributed by atoms with Crippen molar-refractivity contribution < 1.29 is 14.3 Å². The van der Waals surface area contributed by atoms with Crippen molar-refractivity contribution in [2.75, 3.05) is 20.0 Å². The molecule has 0 radical (unpaired) electrons. The number of hydrogen-bond donors (Lipinski definition) is 2. The Morgan fingerprint density at radius 1 is 1.28 bits per heavy atom. The van der Waals surface area contributed by atoms with Crippen molar-refractivity contribution in [3.8, 4) is 11.5 Å². The second kappa shape index (κ2) is 9.06. The zero-order valence-electron chi connectivity index (χ0n) is 15.7. The molecule has 25 heavy (non-hydrogen) atoms. The van der Waals surface area contributed by atoms with Crippen LogP contribution in [0.2, 0.25) is 0 Å². The first kappa shape index (κ1) is 19.5. The summed E-state index contributed by atoms with van der Waals surface area (Å²) in [7, 11) is 0. The van der Waals surface area contributed by atoms with Crippen LogP contribution in [0, 0.1) is 5.92 Å². The summed E-state index contributed by atoms with van der Waals surface area (Å²) in [5.41, 5.74) is 7.19. The average Bonchev–Trinajstić information content (AvgIpc) is 3.08. The largest absolute Gasteiger partial charge is 0.454 e. The third-order valence-electron chi connectivity index (χ3n) is 5.01. The molecule has 0 spiro atoms. The van der Waals surface area contributed by atoms with Crippen molar-refractivity contribution >= 4 is 5.91 Å². The van der Waals surface area contributed by atoms with Crippen molar-refractivity contribution in [3.05, 3.63) is 23.8 Å². The van der Waals surface area contributed by atoms with Gasteiger partial charge in [-0.05, 0) is 43.5 Å². The molecular weight excluding hydrogens is 318 g/mol. The molecule has 1 aromatic rings. The average molecular weight is 349 g/mol. The zero-order valence-corrected chi connectivity index (χ0v) is 15.7. The number of carbonyl (C=O) groups is 1. The van der Waals surface area contributed by atoms with E-state index >= 15 is 0 Å². The Morgan fingerprint density at radius 3 is 2.68 bits per heavy atom. The number of hydrogen-bond acceptors (Lipinski definition) is 5. The standard InChI is InChI=1S/C19H31N3O3/c1-5-13(3)18(20)19(23)21-11-22(6-2)14(4)9-15-7-8-16-17(10-15)25-12-24-16/h7-8,10,13-14,18H,5-6,9,11-12,20H2,1-4H3,(H,21,23). The first-order chi connectivity index (χ1) is 12.0. The van der Waals surface area contributed by atoms with E-state index in [9.17, 15) is 4.79 Å². The number of benzene rings is 1. The molecule has 3 unspecified atom stereocenters. The fourth-order valence-corrected chi connectivity index (χ4v) is 2.93. The van der Waals surface area contributed by atoms with E-state index in [-0.39, 0.29) is 24.7 Å². The van der Waals surface area contributed by atoms with E-state index in [2.05, 4.69) is 30.1 Å². The lowest BCUT2D eigenvalue weighted by Gasteiger charge is -2.29. The maximum atomic E-state index is 12.2. The van der Waals surface area contributed by atoms with Gasteiger partial charge in [0.15, 0.2) is 11.5 Å². The fourth-order valence-electron chi connectivity index (χ4n) is 2.93. The highest BCUT2D eigenvalue weighted by Gasteiger charge is 2.21. The van der Waals surface area contributed by atoms with Crippen LogP contribution in [0.3, 0.4) is 0 Å². The highest BCUT2D eigenvalue weighted by atomic mass is 16.7. The lowest BCUT2D eigenvalue weighted by atomic mass is 9.99. The van der Waals surface area contributed by atoms with E-state index in [4.69, 9.17) is 15.2 Å². The van der Waals surface area contributed by atoms with Crippen molar-refractivity contribution in [2.45, 2.75) is 52.6 Å². The molecule has 1 amide bonds. The molecule has 1 aliphatic heterocycles. The minimum atomic E-state index is -0.451. The lowest BCUT2D eigenvalue weighted by molar-refractivity contribution is -0.124. The molecule has 3 N–H and O–H groups in total. The molecule has 1 heterocycles. The predicted octanol–water partition coefficient (Wildman–Crippen LogP) is 2.12. The normalized spacial score (nSPS) is 16.6. The first-order valence-electron chi connectivity index (χ1n) is 9.12. The van der Waals surface area contributed by atoms with Crippen LogP contribution in [0.15, 0.2) is 18.2 Å². The number of likely N-dealkylation sites (N-methyl/N-ethyl adjacent to an activating group) is 1. The van der Waals surface area contributed by atoms with Crippen molar-refractivity contribution in [3.63, 3.8) is 0 Å². The Hall–Kier alpha value is -1.79. The number of fused-ring (bicyclic) bond motifs is 1. The topological polar surface area (TPSA) is 76.8 Å². The van der Waals surface area contributed by atoms with Gasteiger partial charge in [-0.3, -0.25) is 9.69 Å². The Balaban J connectivity index is 1.88. The van der Waals surface area contributed by atoms with Gasteiger partial charge in [-0.1, -0.05) is 33.3 Å². The van der Waals surface area contributed by atoms with Crippen LogP contribution >= 0.6 is 0 Å². The zero-order chi connectivity index (χ0) is 18.4. The van der Waals surface area contributed by atoms with Gasteiger partial charge < -0.3 is 20.5 Å². The van der Waals surface area contributed by atoms with Crippen molar-refractivity contribution in [1.29, 1.82) is 0 Å². The van der Waals surface area contributed by atoms with Gasteiger partial charge in [0.05, 0.1) is 12.7 Å². The molecule has 1 aromatic carbocycles. The van der Waals surface area contributed by atoms with E-state index in [1.165, 1.54) is 5.56 Å². The molecule has 140 valence electrons. The molecule has 0 saturated carbocycles. The van der Waals surface area contributed by atoms with Gasteiger partial charge in [-0.2, -0.15) is 0 Å². The molecule has 0 bridgehead atoms. The van der Waals surface area contributed by atoms with Gasteiger partial charge >= 0.3 is 0 Å². The molecule has 0 fully saturated rings. The quantitative estimate of drug-likeness (QED) is 0.668. The third-order valence-corrected chi connectivity index (χ3v) is 5.01. The summed E-state index contributed by atoms with van der Waals surface area (Å²) in [5.74, 6) is 1.71. The highest BCUT2D eigenvalue weighted by molar-refractivity contribution is 5.81. The summed E-state index contributed by atoms with van der Waals surface area (Å²) < 4.78 is 10.8. The second-order valence-corrected chi connectivity index (χ2v) is 6.76. The number of ether oxygens (including phenoxy) is 2. The second-order valence-electron chi connectivity index (χ2n) is 6.76. The number of amides is 1. The summed E-state index contributed by atoms with van der Waals surface area (Å²) in [6, 6.07) is 5.88. The Kier molecular flexibility index (Phi) is 7.08. The smallest absolute Gasteiger partial charge is 0.238 e. The summed E-state index contributed by atoms with van der Waals surface area (Å²) in [4.78, 5) is 14.4. The Bertz CT molecular complexity index is 579. The minimum Gasteiger partial charge on any atom is -0.454 e. The maximum Gasteiger partial charge on any atom is 0.238 e. The molecule has 1 aliphatic rings. The molecule has 6 heteroatoms. The maximum absolute atomic E-state index is 12.2. The van der Waals surface area contributed by atoms with Crippen LogP contribution in [-0.2, 0) is 11.2 Å². The molecule has 0 saturated heterocycles. The van der Waals surface area contributed by atoms with Crippen molar-refractivity contribution in [2.24, 2.45) is 11.7 Å². The molecule has 2 rings (SSSR count). The summed E-state index contributed by atoms with van der Waals surface area (Å²) in [5, 5.41) is 2.97. The van der Waals surface area contributed by atoms with E-state index < -0.39 is 6.04 Å². The van der Waals surface area contributed by atoms with Crippen LogP contribution in [0.5, 0.6) is 11.5 Å². The monoisotopic (exact) mass is 349 g/mol. The van der Waals surface area contributed by atoms with Crippen LogP contribution in [0.1, 0.15) is 39.7 Å². The van der Waals surface area contributed by atoms with Gasteiger partial charge in [-0.25, -0.2) is 0 Å². The minimum absolute atomic E-state index is 0.0805. The number of nitrogens with one attached hydrogen (secondary N) is 1. The fraction of sp³-hybridized carbons (Fsp3) is 0.632. The molecule has 3 atom stereocenters. The van der Waals surface area contributed by atoms with Gasteiger partial charge in [0.25, 0.3) is 0 Å². The SMILES string of the molecule is CCC(C)C(N)C(=O)NCN(CC)C(C)Cc1ccc2c(c1)OCO2. The van der Waals surface area contributed by atoms with Crippen LogP contribution in [0.4, 0.5) is 0 Å². The van der Waals surface area contributed by atoms with E-state index in [1.807, 2.05) is 26.0 Å². The number of rotatable bonds is 9. The molecule has 0 aliphatic carbocycles. The Morgan fingerprint density at radius 2 is 2.00 bits per heavy atom. The summed E-state index contributed by atoms with van der Waals surface area (Å²) in [6.07, 6.45) is 1.77. The van der Waals surface area contributed by atoms with E-state index in [0.29, 0.717) is 6.67 Å².